The topological polar surface area (TPSA) is 116 Å². The van der Waals surface area contributed by atoms with E-state index in [4.69, 9.17) is 10.5 Å². The van der Waals surface area contributed by atoms with Gasteiger partial charge in [0.2, 0.25) is 5.91 Å². The lowest BCUT2D eigenvalue weighted by atomic mass is 10.2. The molecule has 136 valence electrons. The van der Waals surface area contributed by atoms with E-state index in [2.05, 4.69) is 12.6 Å². The Morgan fingerprint density at radius 1 is 1.40 bits per heavy atom. The lowest BCUT2D eigenvalue weighted by Gasteiger charge is -2.23. The highest BCUT2D eigenvalue weighted by molar-refractivity contribution is 8.00. The number of carbonyl (C=O) groups excluding carboxylic acids is 2. The molecular formula is C15H19N3O5S2. The number of amides is 2. The first kappa shape index (κ1) is 19.4. The zero-order valence-electron chi connectivity index (χ0n) is 13.4. The predicted octanol–water partition coefficient (Wildman–Crippen LogP) is 1.82. The van der Waals surface area contributed by atoms with Gasteiger partial charge >= 0.3 is 6.09 Å². The number of nitro benzene ring substituents is 1. The third-order valence-corrected chi connectivity index (χ3v) is 5.17. The molecule has 1 saturated heterocycles. The summed E-state index contributed by atoms with van der Waals surface area (Å²) in [6, 6.07) is 5.78. The first-order valence-corrected chi connectivity index (χ1v) is 9.24. The summed E-state index contributed by atoms with van der Waals surface area (Å²) >= 11 is 5.80. The molecule has 2 atom stereocenters. The molecule has 0 radical (unpaired) electrons. The van der Waals surface area contributed by atoms with E-state index < -0.39 is 16.9 Å². The molecule has 1 heterocycles. The number of hydrogen-bond acceptors (Lipinski definition) is 7. The van der Waals surface area contributed by atoms with Gasteiger partial charge in [-0.3, -0.25) is 14.9 Å². The Kier molecular flexibility index (Phi) is 6.94. The van der Waals surface area contributed by atoms with E-state index in [1.807, 2.05) is 0 Å². The maximum absolute atomic E-state index is 12.3. The minimum absolute atomic E-state index is 0.0147. The molecule has 1 fully saturated rings. The predicted molar refractivity (Wildman–Crippen MR) is 97.7 cm³/mol. The number of thiol groups is 1. The zero-order valence-corrected chi connectivity index (χ0v) is 15.1. The van der Waals surface area contributed by atoms with Crippen LogP contribution in [0.15, 0.2) is 24.3 Å². The van der Waals surface area contributed by atoms with Crippen molar-refractivity contribution in [2.24, 2.45) is 5.73 Å². The van der Waals surface area contributed by atoms with E-state index in [1.165, 1.54) is 23.9 Å². The number of benzene rings is 1. The van der Waals surface area contributed by atoms with E-state index in [0.717, 1.165) is 6.42 Å². The first-order chi connectivity index (χ1) is 11.9. The van der Waals surface area contributed by atoms with Crippen LogP contribution in [0.4, 0.5) is 10.5 Å². The lowest BCUT2D eigenvalue weighted by Crippen LogP contribution is -2.37. The number of non-ortho nitro benzene ring substituents is 1. The van der Waals surface area contributed by atoms with Crippen LogP contribution in [0, 0.1) is 10.1 Å². The van der Waals surface area contributed by atoms with Crippen molar-refractivity contribution in [3.05, 3.63) is 39.9 Å². The minimum atomic E-state index is -0.485. The SMILES string of the molecule is NC(=O)CSC[C@@H]1C[C@H](S)CN1C(=O)OCc1ccc([N+](=O)[O-])cc1. The van der Waals surface area contributed by atoms with Gasteiger partial charge in [-0.2, -0.15) is 12.6 Å². The average molecular weight is 385 g/mol. The van der Waals surface area contributed by atoms with Crippen LogP contribution < -0.4 is 5.73 Å². The van der Waals surface area contributed by atoms with Crippen LogP contribution >= 0.6 is 24.4 Å². The van der Waals surface area contributed by atoms with Gasteiger partial charge in [0, 0.05) is 35.7 Å². The molecule has 2 rings (SSSR count). The number of nitro groups is 1. The van der Waals surface area contributed by atoms with Crippen molar-refractivity contribution in [2.75, 3.05) is 18.1 Å². The van der Waals surface area contributed by atoms with Gasteiger partial charge in [0.05, 0.1) is 10.7 Å². The van der Waals surface area contributed by atoms with Crippen molar-refractivity contribution in [3.8, 4) is 0 Å². The van der Waals surface area contributed by atoms with Gasteiger partial charge in [-0.1, -0.05) is 0 Å². The number of ether oxygens (including phenoxy) is 1. The second-order valence-corrected chi connectivity index (χ2v) is 7.42. The fourth-order valence-electron chi connectivity index (χ4n) is 2.51. The van der Waals surface area contributed by atoms with Crippen molar-refractivity contribution in [1.29, 1.82) is 0 Å². The monoisotopic (exact) mass is 385 g/mol. The van der Waals surface area contributed by atoms with E-state index in [-0.39, 0.29) is 29.3 Å². The van der Waals surface area contributed by atoms with Crippen molar-refractivity contribution in [1.82, 2.24) is 4.90 Å². The molecule has 0 aromatic heterocycles. The number of likely N-dealkylation sites (tertiary alicyclic amines) is 1. The molecule has 2 amide bonds. The van der Waals surface area contributed by atoms with Gasteiger partial charge in [-0.25, -0.2) is 4.79 Å². The summed E-state index contributed by atoms with van der Waals surface area (Å²) in [5.41, 5.74) is 5.77. The molecule has 0 unspecified atom stereocenters. The molecule has 1 aliphatic rings. The van der Waals surface area contributed by atoms with Crippen LogP contribution in [-0.4, -0.2) is 51.2 Å². The standard InChI is InChI=1S/C15H19N3O5S2/c16-14(19)9-25-8-12-5-13(24)6-17(12)15(20)23-7-10-1-3-11(4-2-10)18(21)22/h1-4,12-13,24H,5-9H2,(H2,16,19)/t12-,13-/m0/s1. The minimum Gasteiger partial charge on any atom is -0.445 e. The Morgan fingerprint density at radius 3 is 2.68 bits per heavy atom. The number of thioether (sulfide) groups is 1. The molecule has 10 heteroatoms. The van der Waals surface area contributed by atoms with E-state index in [9.17, 15) is 19.7 Å². The van der Waals surface area contributed by atoms with Crippen LogP contribution in [0.1, 0.15) is 12.0 Å². The number of hydrogen-bond donors (Lipinski definition) is 2. The Hall–Kier alpha value is -1.94. The molecule has 25 heavy (non-hydrogen) atoms. The van der Waals surface area contributed by atoms with Crippen LogP contribution in [-0.2, 0) is 16.1 Å². The van der Waals surface area contributed by atoms with Gasteiger partial charge in [-0.05, 0) is 24.1 Å². The lowest BCUT2D eigenvalue weighted by molar-refractivity contribution is -0.384. The number of nitrogens with zero attached hydrogens (tertiary/aromatic N) is 2. The summed E-state index contributed by atoms with van der Waals surface area (Å²) in [4.78, 5) is 34.9. The van der Waals surface area contributed by atoms with Crippen LogP contribution in [0.5, 0.6) is 0 Å². The van der Waals surface area contributed by atoms with Crippen molar-refractivity contribution in [3.63, 3.8) is 0 Å². The Balaban J connectivity index is 1.87. The summed E-state index contributed by atoms with van der Waals surface area (Å²) in [5.74, 6) is 0.407. The van der Waals surface area contributed by atoms with E-state index in [0.29, 0.717) is 17.9 Å². The molecule has 0 bridgehead atoms. The van der Waals surface area contributed by atoms with Gasteiger partial charge in [0.1, 0.15) is 6.61 Å². The maximum atomic E-state index is 12.3. The second-order valence-electron chi connectivity index (χ2n) is 5.66. The van der Waals surface area contributed by atoms with E-state index >= 15 is 0 Å². The Bertz CT molecular complexity index is 641. The van der Waals surface area contributed by atoms with Crippen molar-refractivity contribution < 1.29 is 19.2 Å². The van der Waals surface area contributed by atoms with Crippen molar-refractivity contribution >= 4 is 42.1 Å². The normalized spacial score (nSPS) is 19.6. The summed E-state index contributed by atoms with van der Waals surface area (Å²) in [7, 11) is 0. The number of carbonyl (C=O) groups is 2. The highest BCUT2D eigenvalue weighted by Gasteiger charge is 2.34. The third kappa shape index (κ3) is 5.82. The van der Waals surface area contributed by atoms with Crippen LogP contribution in [0.25, 0.3) is 0 Å². The van der Waals surface area contributed by atoms with Gasteiger partial charge in [0.15, 0.2) is 0 Å². The number of rotatable bonds is 7. The number of nitrogens with two attached hydrogens (primary N) is 1. The quantitative estimate of drug-likeness (QED) is 0.420. The molecule has 2 N–H and O–H groups in total. The maximum Gasteiger partial charge on any atom is 0.410 e. The molecule has 8 nitrogen and oxygen atoms in total. The third-order valence-electron chi connectivity index (χ3n) is 3.69. The average Bonchev–Trinajstić information content (AvgIpc) is 2.93. The smallest absolute Gasteiger partial charge is 0.410 e. The fourth-order valence-corrected chi connectivity index (χ4v) is 3.84. The molecule has 0 spiro atoms. The van der Waals surface area contributed by atoms with Gasteiger partial charge in [-0.15, -0.1) is 11.8 Å². The molecule has 0 aliphatic carbocycles. The Morgan fingerprint density at radius 2 is 2.08 bits per heavy atom. The molecule has 1 aromatic carbocycles. The molecule has 0 saturated carbocycles. The highest BCUT2D eigenvalue weighted by Crippen LogP contribution is 2.25. The fraction of sp³-hybridized carbons (Fsp3) is 0.467. The van der Waals surface area contributed by atoms with Crippen LogP contribution in [0.3, 0.4) is 0 Å². The Labute approximate surface area is 154 Å². The summed E-state index contributed by atoms with van der Waals surface area (Å²) in [6.07, 6.45) is 0.265. The van der Waals surface area contributed by atoms with Crippen molar-refractivity contribution in [2.45, 2.75) is 24.3 Å². The molecule has 1 aliphatic heterocycles. The summed E-state index contributed by atoms with van der Waals surface area (Å²) in [5, 5.41) is 10.7. The first-order valence-electron chi connectivity index (χ1n) is 7.57. The van der Waals surface area contributed by atoms with Crippen LogP contribution in [0.2, 0.25) is 0 Å². The number of primary amides is 1. The largest absolute Gasteiger partial charge is 0.445 e. The van der Waals surface area contributed by atoms with E-state index in [1.54, 1.807) is 17.0 Å². The molecule has 1 aromatic rings. The second kappa shape index (κ2) is 8.95. The van der Waals surface area contributed by atoms with Gasteiger partial charge < -0.3 is 15.4 Å². The summed E-state index contributed by atoms with van der Waals surface area (Å²) in [6.45, 7) is 0.510. The highest BCUT2D eigenvalue weighted by atomic mass is 32.2. The molecular weight excluding hydrogens is 366 g/mol. The zero-order chi connectivity index (χ0) is 18.4. The summed E-state index contributed by atoms with van der Waals surface area (Å²) < 4.78 is 5.30. The van der Waals surface area contributed by atoms with Gasteiger partial charge in [0.25, 0.3) is 5.69 Å².